The molecule has 164 valence electrons. The van der Waals surface area contributed by atoms with Gasteiger partial charge in [0.2, 0.25) is 0 Å². The fraction of sp³-hybridized carbons (Fsp3) is 0.385. The molecule has 31 heavy (non-hydrogen) atoms. The molecule has 0 aliphatic carbocycles. The zero-order valence-electron chi connectivity index (χ0n) is 19.3. The van der Waals surface area contributed by atoms with Crippen molar-refractivity contribution < 1.29 is 14.3 Å². The van der Waals surface area contributed by atoms with Gasteiger partial charge >= 0.3 is 0 Å². The van der Waals surface area contributed by atoms with E-state index in [-0.39, 0.29) is 17.9 Å². The van der Waals surface area contributed by atoms with Crippen molar-refractivity contribution in [1.82, 2.24) is 4.90 Å². The fourth-order valence-corrected chi connectivity index (χ4v) is 3.87. The first kappa shape index (κ1) is 22.8. The molecular weight excluding hydrogens is 388 g/mol. The summed E-state index contributed by atoms with van der Waals surface area (Å²) in [7, 11) is 0. The summed E-state index contributed by atoms with van der Waals surface area (Å²) in [4.78, 5) is 28.1. The molecule has 5 heteroatoms. The summed E-state index contributed by atoms with van der Waals surface area (Å²) in [6.07, 6.45) is 0.725. The summed E-state index contributed by atoms with van der Waals surface area (Å²) >= 11 is 0. The molecule has 2 aromatic rings. The average molecular weight is 421 g/mol. The van der Waals surface area contributed by atoms with Crippen LogP contribution in [-0.2, 0) is 14.3 Å². The first-order valence-electron chi connectivity index (χ1n) is 10.8. The van der Waals surface area contributed by atoms with Gasteiger partial charge in [-0.15, -0.1) is 0 Å². The lowest BCUT2D eigenvalue weighted by molar-refractivity contribution is -0.137. The van der Waals surface area contributed by atoms with Gasteiger partial charge < -0.3 is 10.1 Å². The van der Waals surface area contributed by atoms with Crippen LogP contribution in [0.4, 0.5) is 5.69 Å². The molecule has 0 radical (unpaired) electrons. The number of hydrogen-bond donors (Lipinski definition) is 1. The molecule has 1 N–H and O–H groups in total. The minimum absolute atomic E-state index is 0.121. The molecule has 0 aromatic heterocycles. The number of imide groups is 1. The Labute approximate surface area is 185 Å². The molecule has 2 aromatic carbocycles. The monoisotopic (exact) mass is 420 g/mol. The third-order valence-corrected chi connectivity index (χ3v) is 5.44. The second-order valence-electron chi connectivity index (χ2n) is 8.55. The standard InChI is InChI=1S/C26H32N2O3/c1-16(2)31-13-7-12-28-25(29)23(21-10-8-17(3)14-19(21)5)24(26(28)30)27-22-11-9-18(4)15-20(22)6/h8-11,14-16,27H,7,12-13H2,1-6H3. The summed E-state index contributed by atoms with van der Waals surface area (Å²) in [5.74, 6) is -0.543. The van der Waals surface area contributed by atoms with Gasteiger partial charge in [0, 0.05) is 18.8 Å². The van der Waals surface area contributed by atoms with Gasteiger partial charge in [0.1, 0.15) is 5.70 Å². The van der Waals surface area contributed by atoms with E-state index in [2.05, 4.69) is 11.4 Å². The van der Waals surface area contributed by atoms with Crippen LogP contribution < -0.4 is 5.32 Å². The molecule has 0 unspecified atom stereocenters. The maximum absolute atomic E-state index is 13.4. The van der Waals surface area contributed by atoms with Gasteiger partial charge in [-0.2, -0.15) is 0 Å². The predicted octanol–water partition coefficient (Wildman–Crippen LogP) is 4.93. The smallest absolute Gasteiger partial charge is 0.278 e. The number of carbonyl (C=O) groups is 2. The van der Waals surface area contributed by atoms with E-state index >= 15 is 0 Å². The van der Waals surface area contributed by atoms with Crippen molar-refractivity contribution in [2.45, 2.75) is 54.1 Å². The number of rotatable bonds is 8. The molecule has 0 fully saturated rings. The van der Waals surface area contributed by atoms with Crippen LogP contribution in [0.1, 0.15) is 48.1 Å². The summed E-state index contributed by atoms with van der Waals surface area (Å²) in [5, 5.41) is 3.28. The lowest BCUT2D eigenvalue weighted by atomic mass is 9.97. The van der Waals surface area contributed by atoms with Crippen molar-refractivity contribution in [1.29, 1.82) is 0 Å². The highest BCUT2D eigenvalue weighted by Gasteiger charge is 2.39. The van der Waals surface area contributed by atoms with Crippen LogP contribution in [0.5, 0.6) is 0 Å². The number of benzene rings is 2. The number of amides is 2. The van der Waals surface area contributed by atoms with E-state index in [0.717, 1.165) is 33.5 Å². The van der Waals surface area contributed by atoms with Crippen molar-refractivity contribution >= 4 is 23.1 Å². The number of ether oxygens (including phenoxy) is 1. The predicted molar refractivity (Wildman–Crippen MR) is 125 cm³/mol. The Morgan fingerprint density at radius 1 is 0.903 bits per heavy atom. The Bertz CT molecular complexity index is 1040. The van der Waals surface area contributed by atoms with Crippen LogP contribution in [0, 0.1) is 27.7 Å². The van der Waals surface area contributed by atoms with Crippen molar-refractivity contribution in [3.05, 3.63) is 69.9 Å². The highest BCUT2D eigenvalue weighted by molar-refractivity contribution is 6.36. The van der Waals surface area contributed by atoms with Crippen molar-refractivity contribution in [2.75, 3.05) is 18.5 Å². The van der Waals surface area contributed by atoms with Gasteiger partial charge in [-0.25, -0.2) is 0 Å². The van der Waals surface area contributed by atoms with Gasteiger partial charge in [-0.1, -0.05) is 41.5 Å². The number of anilines is 1. The van der Waals surface area contributed by atoms with E-state index in [9.17, 15) is 9.59 Å². The normalized spacial score (nSPS) is 14.2. The Kier molecular flexibility index (Phi) is 6.96. The van der Waals surface area contributed by atoms with Crippen LogP contribution in [0.3, 0.4) is 0 Å². The van der Waals surface area contributed by atoms with Crippen molar-refractivity contribution in [3.63, 3.8) is 0 Å². The van der Waals surface area contributed by atoms with Gasteiger partial charge in [-0.05, 0) is 70.7 Å². The molecule has 5 nitrogen and oxygen atoms in total. The number of carbonyl (C=O) groups excluding carboxylic acids is 2. The number of aryl methyl sites for hydroxylation is 4. The van der Waals surface area contributed by atoms with Gasteiger partial charge in [0.25, 0.3) is 11.8 Å². The third kappa shape index (κ3) is 5.05. The molecule has 0 saturated carbocycles. The third-order valence-electron chi connectivity index (χ3n) is 5.44. The molecule has 2 amide bonds. The van der Waals surface area contributed by atoms with Gasteiger partial charge in [0.15, 0.2) is 0 Å². The Balaban J connectivity index is 1.98. The van der Waals surface area contributed by atoms with Crippen LogP contribution in [0.15, 0.2) is 42.1 Å². The van der Waals surface area contributed by atoms with Gasteiger partial charge in [-0.3, -0.25) is 14.5 Å². The molecule has 1 aliphatic heterocycles. The second-order valence-corrected chi connectivity index (χ2v) is 8.55. The van der Waals surface area contributed by atoms with E-state index in [4.69, 9.17) is 4.74 Å². The molecule has 1 heterocycles. The highest BCUT2D eigenvalue weighted by Crippen LogP contribution is 2.33. The number of hydrogen-bond acceptors (Lipinski definition) is 4. The molecule has 1 aliphatic rings. The zero-order valence-corrected chi connectivity index (χ0v) is 19.3. The largest absolute Gasteiger partial charge is 0.379 e. The summed E-state index contributed by atoms with van der Waals surface area (Å²) < 4.78 is 5.59. The Hall–Kier alpha value is -2.92. The van der Waals surface area contributed by atoms with Crippen LogP contribution in [0.25, 0.3) is 5.57 Å². The Morgan fingerprint density at radius 3 is 2.16 bits per heavy atom. The molecular formula is C26H32N2O3. The van der Waals surface area contributed by atoms with Crippen molar-refractivity contribution in [2.24, 2.45) is 0 Å². The molecule has 0 spiro atoms. The van der Waals surface area contributed by atoms with Crippen LogP contribution >= 0.6 is 0 Å². The van der Waals surface area contributed by atoms with E-state index in [1.165, 1.54) is 4.90 Å². The molecule has 0 atom stereocenters. The second kappa shape index (κ2) is 9.48. The maximum Gasteiger partial charge on any atom is 0.278 e. The van der Waals surface area contributed by atoms with E-state index in [1.54, 1.807) is 0 Å². The highest BCUT2D eigenvalue weighted by atomic mass is 16.5. The van der Waals surface area contributed by atoms with E-state index < -0.39 is 0 Å². The average Bonchev–Trinajstić information content (AvgIpc) is 2.91. The Morgan fingerprint density at radius 2 is 1.55 bits per heavy atom. The minimum Gasteiger partial charge on any atom is -0.379 e. The van der Waals surface area contributed by atoms with Gasteiger partial charge in [0.05, 0.1) is 11.7 Å². The molecule has 0 bridgehead atoms. The maximum atomic E-state index is 13.4. The number of nitrogens with one attached hydrogen (secondary N) is 1. The molecule has 0 saturated heterocycles. The minimum atomic E-state index is -0.288. The van der Waals surface area contributed by atoms with E-state index in [1.807, 2.05) is 71.9 Å². The fourth-order valence-electron chi connectivity index (χ4n) is 3.87. The van der Waals surface area contributed by atoms with Crippen molar-refractivity contribution in [3.8, 4) is 0 Å². The lowest BCUT2D eigenvalue weighted by Gasteiger charge is -2.16. The van der Waals surface area contributed by atoms with Crippen LogP contribution in [-0.4, -0.2) is 36.0 Å². The summed E-state index contributed by atoms with van der Waals surface area (Å²) in [6.45, 7) is 12.8. The summed E-state index contributed by atoms with van der Waals surface area (Å²) in [6, 6.07) is 11.9. The first-order chi connectivity index (χ1) is 14.7. The molecule has 3 rings (SSSR count). The quantitative estimate of drug-likeness (QED) is 0.486. The van der Waals surface area contributed by atoms with Crippen LogP contribution in [0.2, 0.25) is 0 Å². The topological polar surface area (TPSA) is 58.6 Å². The first-order valence-corrected chi connectivity index (χ1v) is 10.8. The zero-order chi connectivity index (χ0) is 22.7. The lowest BCUT2D eigenvalue weighted by Crippen LogP contribution is -2.34. The SMILES string of the molecule is Cc1ccc(NC2=C(c3ccc(C)cc3C)C(=O)N(CCCOC(C)C)C2=O)c(C)c1. The summed E-state index contributed by atoms with van der Waals surface area (Å²) in [5.41, 5.74) is 6.65. The van der Waals surface area contributed by atoms with E-state index in [0.29, 0.717) is 30.8 Å². The number of nitrogens with zero attached hydrogens (tertiary/aromatic N) is 1.